The van der Waals surface area contributed by atoms with Crippen molar-refractivity contribution in [3.05, 3.63) is 47.5 Å². The average Bonchev–Trinajstić information content (AvgIpc) is 2.65. The SMILES string of the molecule is Cc1ccc2c(c1)sc1cccc(C(C)C)c12. The van der Waals surface area contributed by atoms with E-state index in [0.717, 1.165) is 0 Å². The first-order chi connectivity index (χ1) is 8.16. The van der Waals surface area contributed by atoms with Crippen molar-refractivity contribution in [3.63, 3.8) is 0 Å². The monoisotopic (exact) mass is 240 g/mol. The van der Waals surface area contributed by atoms with E-state index < -0.39 is 0 Å². The molecule has 0 amide bonds. The molecule has 3 aromatic rings. The Morgan fingerprint density at radius 3 is 2.59 bits per heavy atom. The van der Waals surface area contributed by atoms with E-state index in [9.17, 15) is 0 Å². The molecule has 1 heteroatoms. The minimum absolute atomic E-state index is 0.581. The maximum absolute atomic E-state index is 2.30. The van der Waals surface area contributed by atoms with Crippen molar-refractivity contribution in [1.29, 1.82) is 0 Å². The van der Waals surface area contributed by atoms with E-state index in [-0.39, 0.29) is 0 Å². The van der Waals surface area contributed by atoms with Crippen LogP contribution >= 0.6 is 11.3 Å². The molecule has 1 heterocycles. The summed E-state index contributed by atoms with van der Waals surface area (Å²) in [5.41, 5.74) is 2.81. The van der Waals surface area contributed by atoms with Crippen molar-refractivity contribution in [1.82, 2.24) is 0 Å². The van der Waals surface area contributed by atoms with Crippen LogP contribution in [0.5, 0.6) is 0 Å². The van der Waals surface area contributed by atoms with Crippen LogP contribution in [0.3, 0.4) is 0 Å². The summed E-state index contributed by atoms with van der Waals surface area (Å²) in [4.78, 5) is 0. The molecular weight excluding hydrogens is 224 g/mol. The standard InChI is InChI=1S/C16H16S/c1-10(2)12-5-4-6-14-16(12)13-8-7-11(3)9-15(13)17-14/h4-10H,1-3H3. The number of fused-ring (bicyclic) bond motifs is 3. The van der Waals surface area contributed by atoms with E-state index >= 15 is 0 Å². The normalized spacial score (nSPS) is 11.8. The van der Waals surface area contributed by atoms with Gasteiger partial charge in [0.2, 0.25) is 0 Å². The van der Waals surface area contributed by atoms with Gasteiger partial charge in [-0.05, 0) is 36.1 Å². The Kier molecular flexibility index (Phi) is 2.44. The number of benzene rings is 2. The lowest BCUT2D eigenvalue weighted by Crippen LogP contribution is -1.87. The Bertz CT molecular complexity index is 689. The molecule has 0 atom stereocenters. The van der Waals surface area contributed by atoms with Crippen molar-refractivity contribution in [2.45, 2.75) is 26.7 Å². The summed E-state index contributed by atoms with van der Waals surface area (Å²) in [6, 6.07) is 13.5. The predicted molar refractivity (Wildman–Crippen MR) is 78.2 cm³/mol. The molecule has 3 rings (SSSR count). The number of aryl methyl sites for hydroxylation is 1. The van der Waals surface area contributed by atoms with Gasteiger partial charge < -0.3 is 0 Å². The summed E-state index contributed by atoms with van der Waals surface area (Å²) in [6.45, 7) is 6.70. The third-order valence-electron chi connectivity index (χ3n) is 3.31. The average molecular weight is 240 g/mol. The second-order valence-electron chi connectivity index (χ2n) is 4.98. The second kappa shape index (κ2) is 3.85. The topological polar surface area (TPSA) is 0 Å². The van der Waals surface area contributed by atoms with Crippen molar-refractivity contribution in [2.75, 3.05) is 0 Å². The molecule has 1 aromatic heterocycles. The first kappa shape index (κ1) is 10.8. The third kappa shape index (κ3) is 1.66. The molecule has 0 aliphatic rings. The molecular formula is C16H16S. The molecule has 0 aliphatic heterocycles. The lowest BCUT2D eigenvalue weighted by atomic mass is 9.97. The fourth-order valence-electron chi connectivity index (χ4n) is 2.44. The molecule has 0 unspecified atom stereocenters. The number of hydrogen-bond donors (Lipinski definition) is 0. The lowest BCUT2D eigenvalue weighted by molar-refractivity contribution is 0.877. The first-order valence-corrected chi connectivity index (χ1v) is 6.90. The van der Waals surface area contributed by atoms with Gasteiger partial charge in [-0.2, -0.15) is 0 Å². The maximum atomic E-state index is 2.30. The maximum Gasteiger partial charge on any atom is 0.0358 e. The Morgan fingerprint density at radius 2 is 1.82 bits per heavy atom. The second-order valence-corrected chi connectivity index (χ2v) is 6.06. The van der Waals surface area contributed by atoms with Crippen LogP contribution in [-0.2, 0) is 0 Å². The van der Waals surface area contributed by atoms with E-state index in [0.29, 0.717) is 5.92 Å². The molecule has 0 bridgehead atoms. The molecule has 17 heavy (non-hydrogen) atoms. The van der Waals surface area contributed by atoms with E-state index in [1.54, 1.807) is 0 Å². The Morgan fingerprint density at radius 1 is 1.00 bits per heavy atom. The fraction of sp³-hybridized carbons (Fsp3) is 0.250. The highest BCUT2D eigenvalue weighted by molar-refractivity contribution is 7.25. The number of thiophene rings is 1. The summed E-state index contributed by atoms with van der Waals surface area (Å²) in [6.07, 6.45) is 0. The summed E-state index contributed by atoms with van der Waals surface area (Å²) < 4.78 is 2.82. The Balaban J connectivity index is 2.49. The molecule has 0 fully saturated rings. The van der Waals surface area contributed by atoms with Crippen LogP contribution in [0.4, 0.5) is 0 Å². The number of hydrogen-bond acceptors (Lipinski definition) is 1. The zero-order valence-electron chi connectivity index (χ0n) is 10.4. The first-order valence-electron chi connectivity index (χ1n) is 6.08. The van der Waals surface area contributed by atoms with Gasteiger partial charge in [-0.1, -0.05) is 38.1 Å². The summed E-state index contributed by atoms with van der Waals surface area (Å²) >= 11 is 1.91. The van der Waals surface area contributed by atoms with Crippen LogP contribution in [0.1, 0.15) is 30.9 Å². The van der Waals surface area contributed by atoms with Gasteiger partial charge in [0.15, 0.2) is 0 Å². The van der Waals surface area contributed by atoms with Crippen LogP contribution in [0.25, 0.3) is 20.2 Å². The zero-order chi connectivity index (χ0) is 12.0. The van der Waals surface area contributed by atoms with Gasteiger partial charge in [0.1, 0.15) is 0 Å². The molecule has 2 aromatic carbocycles. The van der Waals surface area contributed by atoms with Crippen molar-refractivity contribution < 1.29 is 0 Å². The highest BCUT2D eigenvalue weighted by Crippen LogP contribution is 2.38. The van der Waals surface area contributed by atoms with E-state index in [1.807, 2.05) is 11.3 Å². The van der Waals surface area contributed by atoms with E-state index in [1.165, 1.54) is 31.3 Å². The lowest BCUT2D eigenvalue weighted by Gasteiger charge is -2.07. The van der Waals surface area contributed by atoms with E-state index in [4.69, 9.17) is 0 Å². The largest absolute Gasteiger partial charge is 0.135 e. The molecule has 0 saturated carbocycles. The van der Waals surface area contributed by atoms with Crippen molar-refractivity contribution >= 4 is 31.5 Å². The Labute approximate surface area is 106 Å². The molecule has 0 radical (unpaired) electrons. The summed E-state index contributed by atoms with van der Waals surface area (Å²) in [5.74, 6) is 0.581. The van der Waals surface area contributed by atoms with Gasteiger partial charge in [-0.3, -0.25) is 0 Å². The van der Waals surface area contributed by atoms with Crippen LogP contribution in [0.15, 0.2) is 36.4 Å². The highest BCUT2D eigenvalue weighted by atomic mass is 32.1. The highest BCUT2D eigenvalue weighted by Gasteiger charge is 2.10. The van der Waals surface area contributed by atoms with Crippen LogP contribution in [-0.4, -0.2) is 0 Å². The quantitative estimate of drug-likeness (QED) is 0.528. The molecule has 86 valence electrons. The molecule has 0 saturated heterocycles. The molecule has 0 nitrogen and oxygen atoms in total. The molecule has 0 spiro atoms. The minimum Gasteiger partial charge on any atom is -0.135 e. The van der Waals surface area contributed by atoms with Crippen LogP contribution in [0.2, 0.25) is 0 Å². The van der Waals surface area contributed by atoms with Gasteiger partial charge in [0.05, 0.1) is 0 Å². The summed E-state index contributed by atoms with van der Waals surface area (Å²) in [5, 5.41) is 2.88. The minimum atomic E-state index is 0.581. The van der Waals surface area contributed by atoms with Gasteiger partial charge in [0, 0.05) is 20.2 Å². The van der Waals surface area contributed by atoms with Gasteiger partial charge in [-0.15, -0.1) is 11.3 Å². The van der Waals surface area contributed by atoms with Crippen molar-refractivity contribution in [3.8, 4) is 0 Å². The predicted octanol–water partition coefficient (Wildman–Crippen LogP) is 5.49. The van der Waals surface area contributed by atoms with Gasteiger partial charge in [0.25, 0.3) is 0 Å². The van der Waals surface area contributed by atoms with E-state index in [2.05, 4.69) is 57.2 Å². The smallest absolute Gasteiger partial charge is 0.0358 e. The third-order valence-corrected chi connectivity index (χ3v) is 4.42. The Hall–Kier alpha value is -1.34. The zero-order valence-corrected chi connectivity index (χ0v) is 11.3. The fourth-order valence-corrected chi connectivity index (χ4v) is 3.68. The summed E-state index contributed by atoms with van der Waals surface area (Å²) in [7, 11) is 0. The van der Waals surface area contributed by atoms with Crippen molar-refractivity contribution in [2.24, 2.45) is 0 Å². The van der Waals surface area contributed by atoms with Gasteiger partial charge in [-0.25, -0.2) is 0 Å². The van der Waals surface area contributed by atoms with Crippen LogP contribution < -0.4 is 0 Å². The molecule has 0 N–H and O–H groups in total. The molecule has 0 aliphatic carbocycles. The van der Waals surface area contributed by atoms with Crippen LogP contribution in [0, 0.1) is 6.92 Å². The number of rotatable bonds is 1. The van der Waals surface area contributed by atoms with Gasteiger partial charge >= 0.3 is 0 Å².